The normalized spacial score (nSPS) is 54.8. The molecule has 0 amide bonds. The van der Waals surface area contributed by atoms with Crippen LogP contribution in [0.1, 0.15) is 12.1 Å². The lowest BCUT2D eigenvalue weighted by molar-refractivity contribution is -0.403. The Morgan fingerprint density at radius 1 is 0.778 bits per heavy atom. The van der Waals surface area contributed by atoms with Gasteiger partial charge in [-0.25, -0.2) is 33.3 Å². The molecule has 11 rings (SSSR count). The highest BCUT2D eigenvalue weighted by Crippen LogP contribution is 3.05. The molecule has 2 spiro atoms. The molecular formula is C20H15N3O4. The molecule has 9 aliphatic rings. The highest BCUT2D eigenvalue weighted by atomic mass is 17.2. The van der Waals surface area contributed by atoms with Crippen molar-refractivity contribution < 1.29 is 9.78 Å². The summed E-state index contributed by atoms with van der Waals surface area (Å²) >= 11 is 0. The first kappa shape index (κ1) is 12.9. The van der Waals surface area contributed by atoms with E-state index < -0.39 is 0 Å². The van der Waals surface area contributed by atoms with Crippen molar-refractivity contribution in [3.63, 3.8) is 0 Å². The van der Waals surface area contributed by atoms with E-state index in [0.29, 0.717) is 29.4 Å². The molecule has 27 heavy (non-hydrogen) atoms. The first-order chi connectivity index (χ1) is 13.3. The number of benzene rings is 1. The van der Waals surface area contributed by atoms with Crippen LogP contribution >= 0.6 is 0 Å². The Balaban J connectivity index is 1.41. The Labute approximate surface area is 152 Å². The number of hydrogen-bond acceptors (Lipinski definition) is 4. The van der Waals surface area contributed by atoms with E-state index in [1.165, 1.54) is 4.57 Å². The third-order valence-corrected chi connectivity index (χ3v) is 9.19. The molecule has 4 saturated carbocycles. The van der Waals surface area contributed by atoms with Gasteiger partial charge in [0.25, 0.3) is 0 Å². The molecule has 1 aromatic heterocycles. The molecule has 7 heteroatoms. The fourth-order valence-corrected chi connectivity index (χ4v) is 8.98. The van der Waals surface area contributed by atoms with Crippen LogP contribution in [-0.4, -0.2) is 26.1 Å². The maximum atomic E-state index is 13.5. The van der Waals surface area contributed by atoms with Crippen LogP contribution < -0.4 is 11.4 Å². The highest BCUT2D eigenvalue weighted by molar-refractivity contribution is 5.55. The zero-order chi connectivity index (χ0) is 17.4. The summed E-state index contributed by atoms with van der Waals surface area (Å²) in [6.07, 6.45) is 4.08. The fourth-order valence-electron chi connectivity index (χ4n) is 8.98. The topological polar surface area (TPSA) is 67.4 Å². The Morgan fingerprint density at radius 3 is 1.85 bits per heavy atom. The van der Waals surface area contributed by atoms with Gasteiger partial charge in [0.05, 0.1) is 17.8 Å². The van der Waals surface area contributed by atoms with Gasteiger partial charge >= 0.3 is 11.4 Å². The Kier molecular flexibility index (Phi) is 1.57. The highest BCUT2D eigenvalue weighted by Gasteiger charge is 3.07. The smallest absolute Gasteiger partial charge is 0.245 e. The second-order valence-corrected chi connectivity index (χ2v) is 9.31. The van der Waals surface area contributed by atoms with Crippen molar-refractivity contribution in [1.82, 2.24) is 13.9 Å². The molecule has 134 valence electrons. The molecule has 0 N–H and O–H groups in total. The van der Waals surface area contributed by atoms with Gasteiger partial charge in [-0.1, -0.05) is 30.4 Å². The van der Waals surface area contributed by atoms with Crippen LogP contribution in [0.25, 0.3) is 5.69 Å². The average molecular weight is 361 g/mol. The SMILES string of the molecule is O=c1n(-c2ccccc2)c(=O)n2n1[C@H]1[C@H]3C4C5[C@]6([C@@H]7C=C[C@H](OO7)[C@]516)[C@H]2[C@@H]43. The fraction of sp³-hybridized carbons (Fsp3) is 0.500. The Morgan fingerprint density at radius 2 is 1.33 bits per heavy atom. The zero-order valence-electron chi connectivity index (χ0n) is 14.1. The number of rotatable bonds is 1. The molecule has 7 nitrogen and oxygen atoms in total. The Hall–Kier alpha value is -2.38. The summed E-state index contributed by atoms with van der Waals surface area (Å²) in [5.74, 6) is 2.22. The Bertz CT molecular complexity index is 1180. The molecule has 1 aromatic carbocycles. The van der Waals surface area contributed by atoms with E-state index in [1.54, 1.807) is 0 Å². The molecule has 2 aromatic rings. The largest absolute Gasteiger partial charge is 0.352 e. The summed E-state index contributed by atoms with van der Waals surface area (Å²) in [5.41, 5.74) is 0.152. The minimum atomic E-state index is -0.202. The summed E-state index contributed by atoms with van der Waals surface area (Å²) in [6.45, 7) is 0. The number of para-hydroxylation sites is 1. The van der Waals surface area contributed by atoms with Gasteiger partial charge in [0, 0.05) is 10.8 Å². The van der Waals surface area contributed by atoms with Crippen molar-refractivity contribution in [2.45, 2.75) is 24.3 Å². The van der Waals surface area contributed by atoms with Crippen LogP contribution in [-0.2, 0) is 9.78 Å². The number of hydrogen-bond donors (Lipinski definition) is 0. The van der Waals surface area contributed by atoms with Gasteiger partial charge < -0.3 is 0 Å². The predicted molar refractivity (Wildman–Crippen MR) is 90.1 cm³/mol. The van der Waals surface area contributed by atoms with Crippen molar-refractivity contribution >= 4 is 0 Å². The molecule has 5 aliphatic carbocycles. The van der Waals surface area contributed by atoms with E-state index in [9.17, 15) is 9.59 Å². The van der Waals surface area contributed by atoms with Crippen molar-refractivity contribution in [2.75, 3.05) is 0 Å². The first-order valence-corrected chi connectivity index (χ1v) is 9.77. The minimum absolute atomic E-state index is 0.0431. The minimum Gasteiger partial charge on any atom is -0.245 e. The maximum absolute atomic E-state index is 13.5. The van der Waals surface area contributed by atoms with Crippen LogP contribution in [0.5, 0.6) is 0 Å². The molecule has 1 saturated heterocycles. The van der Waals surface area contributed by atoms with Crippen molar-refractivity contribution in [3.05, 3.63) is 63.5 Å². The van der Waals surface area contributed by atoms with Gasteiger partial charge in [0.2, 0.25) is 0 Å². The summed E-state index contributed by atoms with van der Waals surface area (Å²) < 4.78 is 4.97. The standard InChI is InChI=1S/C20H15N3O4/c24-17-21(8-4-2-1-3-5-8)18(25)23-16-13-11-12(13)15(22(17)23)19-9-6-7-10(27-26-9)20(16,19)14(11)19/h1-7,9-16H/t9-,10-,11?,12-,13-,14?,15-,16+,19-,20+/m0/s1. The van der Waals surface area contributed by atoms with Crippen LogP contribution in [0.15, 0.2) is 52.1 Å². The summed E-state index contributed by atoms with van der Waals surface area (Å²) in [4.78, 5) is 38.4. The molecule has 4 aliphatic heterocycles. The number of fused-ring (bicyclic) bond motifs is 1. The lowest BCUT2D eigenvalue weighted by atomic mass is 9.64. The molecule has 4 bridgehead atoms. The third-order valence-electron chi connectivity index (χ3n) is 9.19. The van der Waals surface area contributed by atoms with Crippen LogP contribution in [0, 0.1) is 34.5 Å². The van der Waals surface area contributed by atoms with Crippen molar-refractivity contribution in [1.29, 1.82) is 0 Å². The van der Waals surface area contributed by atoms with E-state index in [-0.39, 0.29) is 46.5 Å². The molecule has 2 unspecified atom stereocenters. The van der Waals surface area contributed by atoms with Gasteiger partial charge in [-0.05, 0) is 35.8 Å². The molecule has 10 atom stereocenters. The van der Waals surface area contributed by atoms with E-state index in [2.05, 4.69) is 12.2 Å². The lowest BCUT2D eigenvalue weighted by Crippen LogP contribution is -2.62. The third kappa shape index (κ3) is 0.870. The summed E-state index contributed by atoms with van der Waals surface area (Å²) in [6, 6.07) is 9.39. The molecule has 5 fully saturated rings. The van der Waals surface area contributed by atoms with Gasteiger partial charge in [-0.2, -0.15) is 0 Å². The average Bonchev–Trinajstić information content (AvgIpc) is 3.50. The van der Waals surface area contributed by atoms with Gasteiger partial charge in [-0.3, -0.25) is 0 Å². The van der Waals surface area contributed by atoms with E-state index in [4.69, 9.17) is 9.78 Å². The predicted octanol–water partition coefficient (Wildman–Crippen LogP) is 0.657. The molecule has 5 heterocycles. The first-order valence-electron chi connectivity index (χ1n) is 9.77. The van der Waals surface area contributed by atoms with Gasteiger partial charge in [0.15, 0.2) is 0 Å². The van der Waals surface area contributed by atoms with Gasteiger partial charge in [-0.15, -0.1) is 0 Å². The molecule has 0 radical (unpaired) electrons. The second-order valence-electron chi connectivity index (χ2n) is 9.31. The lowest BCUT2D eigenvalue weighted by Gasteiger charge is -2.55. The zero-order valence-corrected chi connectivity index (χ0v) is 14.1. The quantitative estimate of drug-likeness (QED) is 0.553. The van der Waals surface area contributed by atoms with E-state index in [1.807, 2.05) is 39.7 Å². The van der Waals surface area contributed by atoms with Crippen molar-refractivity contribution in [3.8, 4) is 5.69 Å². The van der Waals surface area contributed by atoms with Crippen LogP contribution in [0.4, 0.5) is 0 Å². The van der Waals surface area contributed by atoms with Crippen LogP contribution in [0.2, 0.25) is 0 Å². The monoisotopic (exact) mass is 361 g/mol. The second kappa shape index (κ2) is 3.29. The summed E-state index contributed by atoms with van der Waals surface area (Å²) in [5, 5.41) is 0. The maximum Gasteiger partial charge on any atom is 0.352 e. The number of nitrogens with zero attached hydrogens (tertiary/aromatic N) is 3. The summed E-state index contributed by atoms with van der Waals surface area (Å²) in [7, 11) is 0. The molecular weight excluding hydrogens is 346 g/mol. The number of aromatic nitrogens is 3. The van der Waals surface area contributed by atoms with E-state index in [0.717, 1.165) is 0 Å². The van der Waals surface area contributed by atoms with E-state index >= 15 is 0 Å². The van der Waals surface area contributed by atoms with Crippen LogP contribution in [0.3, 0.4) is 0 Å². The van der Waals surface area contributed by atoms with Crippen molar-refractivity contribution in [2.24, 2.45) is 34.5 Å². The van der Waals surface area contributed by atoms with Gasteiger partial charge in [0.1, 0.15) is 12.2 Å².